The molecule has 0 heterocycles. The van der Waals surface area contributed by atoms with E-state index in [0.29, 0.717) is 29.0 Å². The molecule has 8 heteroatoms. The zero-order valence-corrected chi connectivity index (χ0v) is 21.3. The Balaban J connectivity index is 1.86. The van der Waals surface area contributed by atoms with Crippen LogP contribution in [0.5, 0.6) is 0 Å². The number of unbranched alkanes of at least 4 members (excludes halogenated alkanes) is 1. The lowest BCUT2D eigenvalue weighted by atomic mass is 10.1. The van der Waals surface area contributed by atoms with Crippen LogP contribution in [0.1, 0.15) is 57.2 Å². The Morgan fingerprint density at radius 2 is 1.54 bits per heavy atom. The Hall–Kier alpha value is -3.65. The molecule has 35 heavy (non-hydrogen) atoms. The van der Waals surface area contributed by atoms with Gasteiger partial charge in [-0.15, -0.1) is 0 Å². The van der Waals surface area contributed by atoms with Gasteiger partial charge in [0.25, 0.3) is 21.8 Å². The molecular weight excluding hydrogens is 462 g/mol. The fraction of sp³-hybridized carbons (Fsp3) is 0.259. The topological polar surface area (TPSA) is 104 Å². The summed E-state index contributed by atoms with van der Waals surface area (Å²) < 4.78 is 29.0. The summed E-state index contributed by atoms with van der Waals surface area (Å²) >= 11 is 0. The fourth-order valence-corrected chi connectivity index (χ4v) is 4.95. The molecule has 3 aromatic carbocycles. The molecule has 0 aliphatic rings. The Kier molecular flexibility index (Phi) is 8.30. The van der Waals surface area contributed by atoms with Gasteiger partial charge < -0.3 is 10.6 Å². The van der Waals surface area contributed by atoms with Gasteiger partial charge in [0, 0.05) is 12.1 Å². The van der Waals surface area contributed by atoms with Crippen LogP contribution < -0.4 is 15.4 Å². The minimum Gasteiger partial charge on any atom is -0.352 e. The number of aryl methyl sites for hydroxylation is 2. The summed E-state index contributed by atoms with van der Waals surface area (Å²) in [7, 11) is -3.94. The number of carbonyl (C=O) groups is 2. The number of para-hydroxylation sites is 1. The second kappa shape index (κ2) is 11.2. The zero-order valence-electron chi connectivity index (χ0n) is 20.4. The summed E-state index contributed by atoms with van der Waals surface area (Å²) in [5.41, 5.74) is 3.65. The van der Waals surface area contributed by atoms with Crippen molar-refractivity contribution in [2.75, 3.05) is 16.6 Å². The van der Waals surface area contributed by atoms with Crippen LogP contribution in [0.2, 0.25) is 0 Å². The van der Waals surface area contributed by atoms with Crippen LogP contribution in [0.15, 0.2) is 65.6 Å². The predicted molar refractivity (Wildman–Crippen MR) is 140 cm³/mol. The predicted octanol–water partition coefficient (Wildman–Crippen LogP) is 5.19. The molecule has 7 nitrogen and oxygen atoms in total. The van der Waals surface area contributed by atoms with Crippen molar-refractivity contribution >= 4 is 33.2 Å². The number of sulfonamides is 1. The molecule has 3 aromatic rings. The lowest BCUT2D eigenvalue weighted by Gasteiger charge is -2.15. The van der Waals surface area contributed by atoms with E-state index in [1.807, 2.05) is 26.8 Å². The van der Waals surface area contributed by atoms with E-state index in [1.165, 1.54) is 6.07 Å². The number of benzene rings is 3. The van der Waals surface area contributed by atoms with Crippen molar-refractivity contribution in [1.29, 1.82) is 0 Å². The Bertz CT molecular complexity index is 1350. The number of carbonyl (C=O) groups excluding carboxylic acids is 2. The summed E-state index contributed by atoms with van der Waals surface area (Å²) in [4.78, 5) is 25.6. The molecule has 0 aliphatic carbocycles. The highest BCUT2D eigenvalue weighted by atomic mass is 32.2. The van der Waals surface area contributed by atoms with E-state index < -0.39 is 15.9 Å². The molecule has 0 saturated heterocycles. The first kappa shape index (κ1) is 26.0. The van der Waals surface area contributed by atoms with Gasteiger partial charge in [-0.05, 0) is 74.2 Å². The van der Waals surface area contributed by atoms with Gasteiger partial charge in [-0.2, -0.15) is 0 Å². The van der Waals surface area contributed by atoms with Crippen molar-refractivity contribution in [2.45, 2.75) is 45.4 Å². The van der Waals surface area contributed by atoms with Crippen LogP contribution >= 0.6 is 0 Å². The summed E-state index contributed by atoms with van der Waals surface area (Å²) in [6, 6.07) is 16.6. The average molecular weight is 494 g/mol. The smallest absolute Gasteiger partial charge is 0.262 e. The Morgan fingerprint density at radius 3 is 2.29 bits per heavy atom. The molecular formula is C27H31N3O4S. The number of rotatable bonds is 9. The molecule has 0 unspecified atom stereocenters. The Labute approximate surface area is 207 Å². The van der Waals surface area contributed by atoms with Gasteiger partial charge in [-0.3, -0.25) is 14.3 Å². The molecule has 3 N–H and O–H groups in total. The summed E-state index contributed by atoms with van der Waals surface area (Å²) in [6.07, 6.45) is 1.81. The normalized spacial score (nSPS) is 11.1. The maximum atomic E-state index is 13.2. The highest BCUT2D eigenvalue weighted by Gasteiger charge is 2.21. The summed E-state index contributed by atoms with van der Waals surface area (Å²) in [6.45, 7) is 8.01. The molecule has 184 valence electrons. The van der Waals surface area contributed by atoms with Crippen LogP contribution in [0.25, 0.3) is 0 Å². The molecule has 0 fully saturated rings. The number of amides is 2. The average Bonchev–Trinajstić information content (AvgIpc) is 2.82. The van der Waals surface area contributed by atoms with E-state index in [1.54, 1.807) is 55.5 Å². The van der Waals surface area contributed by atoms with Crippen molar-refractivity contribution in [3.8, 4) is 0 Å². The van der Waals surface area contributed by atoms with E-state index in [9.17, 15) is 18.0 Å². The van der Waals surface area contributed by atoms with Crippen molar-refractivity contribution in [1.82, 2.24) is 5.32 Å². The lowest BCUT2D eigenvalue weighted by molar-refractivity contribution is 0.0954. The van der Waals surface area contributed by atoms with Crippen LogP contribution in [0, 0.1) is 20.8 Å². The van der Waals surface area contributed by atoms with Crippen LogP contribution in [0.4, 0.5) is 11.4 Å². The molecule has 0 aliphatic heterocycles. The maximum Gasteiger partial charge on any atom is 0.262 e. The number of hydrogen-bond donors (Lipinski definition) is 3. The number of hydrogen-bond acceptors (Lipinski definition) is 4. The van der Waals surface area contributed by atoms with E-state index in [2.05, 4.69) is 15.4 Å². The van der Waals surface area contributed by atoms with E-state index in [-0.39, 0.29) is 16.4 Å². The molecule has 3 rings (SSSR count). The molecule has 0 aromatic heterocycles. The fourth-order valence-electron chi connectivity index (χ4n) is 3.55. The van der Waals surface area contributed by atoms with Gasteiger partial charge in [0.1, 0.15) is 0 Å². The van der Waals surface area contributed by atoms with Crippen molar-refractivity contribution < 1.29 is 18.0 Å². The van der Waals surface area contributed by atoms with Gasteiger partial charge >= 0.3 is 0 Å². The molecule has 0 atom stereocenters. The van der Waals surface area contributed by atoms with Gasteiger partial charge in [0.2, 0.25) is 0 Å². The van der Waals surface area contributed by atoms with Crippen LogP contribution in [-0.4, -0.2) is 26.8 Å². The van der Waals surface area contributed by atoms with Gasteiger partial charge in [-0.1, -0.05) is 43.7 Å². The van der Waals surface area contributed by atoms with Crippen molar-refractivity contribution in [2.24, 2.45) is 0 Å². The minimum atomic E-state index is -3.94. The highest BCUT2D eigenvalue weighted by molar-refractivity contribution is 7.92. The highest BCUT2D eigenvalue weighted by Crippen LogP contribution is 2.25. The number of nitrogens with one attached hydrogen (secondary N) is 3. The van der Waals surface area contributed by atoms with E-state index in [0.717, 1.165) is 24.0 Å². The summed E-state index contributed by atoms with van der Waals surface area (Å²) in [5.74, 6) is -0.791. The molecule has 0 radical (unpaired) electrons. The minimum absolute atomic E-state index is 0.0108. The maximum absolute atomic E-state index is 13.2. The quantitative estimate of drug-likeness (QED) is 0.357. The third-order valence-electron chi connectivity index (χ3n) is 5.82. The monoisotopic (exact) mass is 493 g/mol. The molecule has 2 amide bonds. The zero-order chi connectivity index (χ0) is 25.6. The first-order valence-corrected chi connectivity index (χ1v) is 13.0. The molecule has 0 saturated carbocycles. The molecule has 0 spiro atoms. The van der Waals surface area contributed by atoms with E-state index >= 15 is 0 Å². The second-order valence-corrected chi connectivity index (χ2v) is 10.1. The molecule has 0 bridgehead atoms. The van der Waals surface area contributed by atoms with E-state index in [4.69, 9.17) is 0 Å². The van der Waals surface area contributed by atoms with Gasteiger partial charge in [0.05, 0.1) is 21.8 Å². The number of anilines is 2. The third kappa shape index (κ3) is 6.27. The van der Waals surface area contributed by atoms with Crippen molar-refractivity contribution in [3.05, 3.63) is 88.5 Å². The lowest BCUT2D eigenvalue weighted by Crippen LogP contribution is -2.26. The first-order chi connectivity index (χ1) is 16.6. The standard InChI is InChI=1S/C27H31N3O4S/c1-5-6-16-28-27(32)22-11-7-8-12-24(22)29-26(31)21-15-14-19(3)25(17-21)35(33,34)30-23-13-9-10-18(2)20(23)4/h7-15,17,30H,5-6,16H2,1-4H3,(H,28,32)(H,29,31). The SMILES string of the molecule is CCCCNC(=O)c1ccccc1NC(=O)c1ccc(C)c(S(=O)(=O)Nc2cccc(C)c2C)c1. The van der Waals surface area contributed by atoms with Gasteiger partial charge in [0.15, 0.2) is 0 Å². The second-order valence-electron chi connectivity index (χ2n) is 8.44. The summed E-state index contributed by atoms with van der Waals surface area (Å²) in [5, 5.41) is 5.59. The largest absolute Gasteiger partial charge is 0.352 e. The first-order valence-electron chi connectivity index (χ1n) is 11.5. The van der Waals surface area contributed by atoms with Crippen molar-refractivity contribution in [3.63, 3.8) is 0 Å². The van der Waals surface area contributed by atoms with Gasteiger partial charge in [-0.25, -0.2) is 8.42 Å². The Morgan fingerprint density at radius 1 is 0.829 bits per heavy atom. The van der Waals surface area contributed by atoms with Crippen LogP contribution in [0.3, 0.4) is 0 Å². The third-order valence-corrected chi connectivity index (χ3v) is 7.33. The van der Waals surface area contributed by atoms with Crippen LogP contribution in [-0.2, 0) is 10.0 Å².